The minimum Gasteiger partial charge on any atom is -0.356 e. The molecule has 3 aromatic heterocycles. The highest BCUT2D eigenvalue weighted by Crippen LogP contribution is 2.29. The molecule has 1 aliphatic rings. The van der Waals surface area contributed by atoms with Gasteiger partial charge in [0, 0.05) is 24.7 Å². The number of nitrogens with zero attached hydrogens (tertiary/aromatic N) is 4. The molecule has 4 heterocycles. The third-order valence-electron chi connectivity index (χ3n) is 4.34. The lowest BCUT2D eigenvalue weighted by Gasteiger charge is -2.18. The van der Waals surface area contributed by atoms with E-state index in [4.69, 9.17) is 5.73 Å². The van der Waals surface area contributed by atoms with Gasteiger partial charge in [0.25, 0.3) is 0 Å². The number of aromatic nitrogens is 4. The molecular formula is C16H17FN6. The average molecular weight is 312 g/mol. The van der Waals surface area contributed by atoms with Crippen molar-refractivity contribution in [1.82, 2.24) is 20.2 Å². The fourth-order valence-electron chi connectivity index (χ4n) is 3.05. The van der Waals surface area contributed by atoms with Crippen molar-refractivity contribution >= 4 is 16.9 Å². The normalized spacial score (nSPS) is 18.0. The molecule has 118 valence electrons. The number of H-pyrrole nitrogens is 1. The first-order valence-electron chi connectivity index (χ1n) is 7.67. The number of fused-ring (bicyclic) bond motifs is 1. The first kappa shape index (κ1) is 14.1. The first-order valence-corrected chi connectivity index (χ1v) is 7.67. The van der Waals surface area contributed by atoms with E-state index >= 15 is 0 Å². The van der Waals surface area contributed by atoms with Crippen LogP contribution in [0.4, 0.5) is 10.2 Å². The molecule has 0 saturated carbocycles. The Bertz CT molecular complexity index is 845. The maximum atomic E-state index is 14.3. The predicted octanol–water partition coefficient (Wildman–Crippen LogP) is 1.94. The molecule has 0 amide bonds. The number of pyridine rings is 2. The molecule has 0 bridgehead atoms. The summed E-state index contributed by atoms with van der Waals surface area (Å²) in [6.45, 7) is 2.42. The zero-order chi connectivity index (χ0) is 15.8. The number of rotatable bonds is 3. The smallest absolute Gasteiger partial charge is 0.181 e. The second kappa shape index (κ2) is 5.58. The van der Waals surface area contributed by atoms with Crippen LogP contribution in [0.5, 0.6) is 0 Å². The van der Waals surface area contributed by atoms with E-state index in [-0.39, 0.29) is 11.5 Å². The number of hydrogen-bond donors (Lipinski definition) is 2. The Hall–Kier alpha value is -2.54. The summed E-state index contributed by atoms with van der Waals surface area (Å²) < 4.78 is 14.3. The van der Waals surface area contributed by atoms with Gasteiger partial charge in [-0.15, -0.1) is 0 Å². The van der Waals surface area contributed by atoms with Gasteiger partial charge >= 0.3 is 0 Å². The van der Waals surface area contributed by atoms with Gasteiger partial charge in [-0.1, -0.05) is 0 Å². The van der Waals surface area contributed by atoms with Gasteiger partial charge in [0.15, 0.2) is 11.5 Å². The Morgan fingerprint density at radius 1 is 1.35 bits per heavy atom. The van der Waals surface area contributed by atoms with Crippen LogP contribution in [0.2, 0.25) is 0 Å². The van der Waals surface area contributed by atoms with E-state index in [0.29, 0.717) is 23.8 Å². The lowest BCUT2D eigenvalue weighted by Crippen LogP contribution is -2.23. The summed E-state index contributed by atoms with van der Waals surface area (Å²) in [5.74, 6) is 0.865. The number of nitrogens with one attached hydrogen (secondary N) is 1. The molecule has 1 saturated heterocycles. The van der Waals surface area contributed by atoms with E-state index < -0.39 is 0 Å². The molecule has 0 radical (unpaired) electrons. The highest BCUT2D eigenvalue weighted by molar-refractivity contribution is 5.89. The summed E-state index contributed by atoms with van der Waals surface area (Å²) in [6, 6.07) is 6.83. The quantitative estimate of drug-likeness (QED) is 0.772. The van der Waals surface area contributed by atoms with Gasteiger partial charge < -0.3 is 10.6 Å². The second-order valence-electron chi connectivity index (χ2n) is 5.81. The number of anilines is 1. The van der Waals surface area contributed by atoms with E-state index in [1.54, 1.807) is 18.3 Å². The largest absolute Gasteiger partial charge is 0.356 e. The maximum Gasteiger partial charge on any atom is 0.181 e. The fourth-order valence-corrected chi connectivity index (χ4v) is 3.05. The molecule has 1 aliphatic heterocycles. The molecule has 0 unspecified atom stereocenters. The van der Waals surface area contributed by atoms with Gasteiger partial charge in [0.1, 0.15) is 11.5 Å². The Labute approximate surface area is 132 Å². The third-order valence-corrected chi connectivity index (χ3v) is 4.34. The van der Waals surface area contributed by atoms with Crippen LogP contribution in [0, 0.1) is 11.7 Å². The summed E-state index contributed by atoms with van der Waals surface area (Å²) in [7, 11) is 0. The van der Waals surface area contributed by atoms with E-state index in [1.807, 2.05) is 6.07 Å². The van der Waals surface area contributed by atoms with E-state index in [1.165, 1.54) is 6.07 Å². The fraction of sp³-hybridized carbons (Fsp3) is 0.312. The summed E-state index contributed by atoms with van der Waals surface area (Å²) >= 11 is 0. The van der Waals surface area contributed by atoms with Crippen LogP contribution in [0.25, 0.3) is 22.4 Å². The van der Waals surface area contributed by atoms with Crippen LogP contribution in [0.1, 0.15) is 6.42 Å². The van der Waals surface area contributed by atoms with Gasteiger partial charge in [-0.05, 0) is 43.1 Å². The van der Waals surface area contributed by atoms with E-state index in [2.05, 4.69) is 25.1 Å². The second-order valence-corrected chi connectivity index (χ2v) is 5.81. The summed E-state index contributed by atoms with van der Waals surface area (Å²) in [6.07, 6.45) is 2.70. The molecular weight excluding hydrogens is 295 g/mol. The molecule has 7 heteroatoms. The molecule has 3 N–H and O–H groups in total. The standard InChI is InChI=1S/C16H17FN6/c17-12-3-4-13(23-7-5-10(8-18)9-23)20-15(12)14-11-2-1-6-19-16(11)22-21-14/h1-4,6,10H,5,7-9,18H2,(H,19,21,22)/t10-/m1/s1. The monoisotopic (exact) mass is 312 g/mol. The molecule has 1 fully saturated rings. The highest BCUT2D eigenvalue weighted by atomic mass is 19.1. The summed E-state index contributed by atoms with van der Waals surface area (Å²) in [5.41, 5.74) is 7.12. The van der Waals surface area contributed by atoms with Crippen molar-refractivity contribution in [2.45, 2.75) is 6.42 Å². The van der Waals surface area contributed by atoms with Crippen molar-refractivity contribution in [3.8, 4) is 11.4 Å². The topological polar surface area (TPSA) is 83.7 Å². The summed E-state index contributed by atoms with van der Waals surface area (Å²) in [5, 5.41) is 7.73. The lowest BCUT2D eigenvalue weighted by molar-refractivity contribution is 0.601. The predicted molar refractivity (Wildman–Crippen MR) is 86.5 cm³/mol. The highest BCUT2D eigenvalue weighted by Gasteiger charge is 2.23. The maximum absolute atomic E-state index is 14.3. The lowest BCUT2D eigenvalue weighted by atomic mass is 10.1. The molecule has 4 rings (SSSR count). The molecule has 0 aromatic carbocycles. The van der Waals surface area contributed by atoms with Crippen LogP contribution < -0.4 is 10.6 Å². The Morgan fingerprint density at radius 2 is 2.26 bits per heavy atom. The third kappa shape index (κ3) is 2.43. The Kier molecular flexibility index (Phi) is 3.42. The molecule has 0 spiro atoms. The van der Waals surface area contributed by atoms with Gasteiger partial charge in [0.2, 0.25) is 0 Å². The average Bonchev–Trinajstić information content (AvgIpc) is 3.22. The SMILES string of the molecule is NC[C@H]1CCN(c2ccc(F)c(-c3[nH]nc4ncccc34)n2)C1. The zero-order valence-corrected chi connectivity index (χ0v) is 12.5. The number of nitrogens with two attached hydrogens (primary N) is 1. The molecule has 0 aliphatic carbocycles. The Morgan fingerprint density at radius 3 is 3.09 bits per heavy atom. The van der Waals surface area contributed by atoms with Crippen LogP contribution >= 0.6 is 0 Å². The van der Waals surface area contributed by atoms with Crippen molar-refractivity contribution < 1.29 is 4.39 Å². The van der Waals surface area contributed by atoms with Crippen LogP contribution in [-0.4, -0.2) is 39.8 Å². The zero-order valence-electron chi connectivity index (χ0n) is 12.5. The van der Waals surface area contributed by atoms with Crippen molar-refractivity contribution in [1.29, 1.82) is 0 Å². The minimum atomic E-state index is -0.377. The molecule has 23 heavy (non-hydrogen) atoms. The number of aromatic amines is 1. The van der Waals surface area contributed by atoms with Crippen molar-refractivity contribution in [2.24, 2.45) is 11.7 Å². The van der Waals surface area contributed by atoms with Gasteiger partial charge in [-0.25, -0.2) is 14.4 Å². The molecule has 1 atom stereocenters. The minimum absolute atomic E-state index is 0.272. The van der Waals surface area contributed by atoms with Crippen molar-refractivity contribution in [2.75, 3.05) is 24.5 Å². The van der Waals surface area contributed by atoms with Crippen LogP contribution in [0.3, 0.4) is 0 Å². The van der Waals surface area contributed by atoms with Crippen molar-refractivity contribution in [3.63, 3.8) is 0 Å². The number of halogens is 1. The van der Waals surface area contributed by atoms with Gasteiger partial charge in [-0.3, -0.25) is 5.10 Å². The van der Waals surface area contributed by atoms with Gasteiger partial charge in [0.05, 0.1) is 5.69 Å². The molecule has 6 nitrogen and oxygen atoms in total. The summed E-state index contributed by atoms with van der Waals surface area (Å²) in [4.78, 5) is 10.8. The number of hydrogen-bond acceptors (Lipinski definition) is 5. The first-order chi connectivity index (χ1) is 11.3. The van der Waals surface area contributed by atoms with Gasteiger partial charge in [-0.2, -0.15) is 5.10 Å². The van der Waals surface area contributed by atoms with Crippen LogP contribution in [0.15, 0.2) is 30.5 Å². The molecule has 3 aromatic rings. The Balaban J connectivity index is 1.76. The van der Waals surface area contributed by atoms with E-state index in [9.17, 15) is 4.39 Å². The van der Waals surface area contributed by atoms with Crippen LogP contribution in [-0.2, 0) is 0 Å². The van der Waals surface area contributed by atoms with E-state index in [0.717, 1.165) is 30.7 Å². The van der Waals surface area contributed by atoms with Crippen molar-refractivity contribution in [3.05, 3.63) is 36.3 Å².